The lowest BCUT2D eigenvalue weighted by Gasteiger charge is -2.34. The SMILES string of the molecule is Cl.Cl.N#CC[C@H](c1c(F)cc(F)cc1F)N1CCNCC1. The molecule has 0 saturated carbocycles. The van der Waals surface area contributed by atoms with Crippen molar-refractivity contribution in [2.45, 2.75) is 12.5 Å². The first kappa shape index (κ1) is 20.0. The zero-order valence-corrected chi connectivity index (χ0v) is 12.7. The first-order chi connectivity index (χ1) is 9.13. The Kier molecular flexibility index (Phi) is 8.67. The predicted octanol–water partition coefficient (Wildman–Crippen LogP) is 2.81. The summed E-state index contributed by atoms with van der Waals surface area (Å²) in [6, 6.07) is 2.59. The Morgan fingerprint density at radius 1 is 1.14 bits per heavy atom. The molecule has 8 heteroatoms. The molecule has 0 radical (unpaired) electrons. The lowest BCUT2D eigenvalue weighted by atomic mass is 10.00. The Hall–Kier alpha value is -1.00. The van der Waals surface area contributed by atoms with Crippen LogP contribution in [0.5, 0.6) is 0 Å². The zero-order chi connectivity index (χ0) is 13.8. The number of hydrogen-bond acceptors (Lipinski definition) is 3. The molecule has 1 aromatic carbocycles. The van der Waals surface area contributed by atoms with Gasteiger partial charge in [-0.3, -0.25) is 4.90 Å². The van der Waals surface area contributed by atoms with Crippen LogP contribution >= 0.6 is 24.8 Å². The summed E-state index contributed by atoms with van der Waals surface area (Å²) in [6.45, 7) is 2.60. The lowest BCUT2D eigenvalue weighted by molar-refractivity contribution is 0.169. The predicted molar refractivity (Wildman–Crippen MR) is 78.2 cm³/mol. The molecule has 1 atom stereocenters. The van der Waals surface area contributed by atoms with Gasteiger partial charge in [0.15, 0.2) is 0 Å². The molecule has 0 aliphatic carbocycles. The number of rotatable bonds is 3. The quantitative estimate of drug-likeness (QED) is 0.918. The summed E-state index contributed by atoms with van der Waals surface area (Å²) in [6.07, 6.45) is -0.0283. The van der Waals surface area contributed by atoms with Crippen molar-refractivity contribution in [1.29, 1.82) is 5.26 Å². The van der Waals surface area contributed by atoms with Crippen molar-refractivity contribution in [1.82, 2.24) is 10.2 Å². The van der Waals surface area contributed by atoms with E-state index in [9.17, 15) is 13.2 Å². The number of piperazine rings is 1. The highest BCUT2D eigenvalue weighted by Gasteiger charge is 2.27. The topological polar surface area (TPSA) is 39.1 Å². The molecule has 0 unspecified atom stereocenters. The fraction of sp³-hybridized carbons (Fsp3) is 0.462. The summed E-state index contributed by atoms with van der Waals surface area (Å²) in [4.78, 5) is 1.85. The van der Waals surface area contributed by atoms with Crippen LogP contribution in [0.25, 0.3) is 0 Å². The van der Waals surface area contributed by atoms with Crippen LogP contribution in [0, 0.1) is 28.8 Å². The van der Waals surface area contributed by atoms with Crippen molar-refractivity contribution in [3.05, 3.63) is 35.1 Å². The molecule has 0 spiro atoms. The number of halogens is 5. The Labute approximate surface area is 133 Å². The normalized spacial score (nSPS) is 16.3. The van der Waals surface area contributed by atoms with Gasteiger partial charge < -0.3 is 5.32 Å². The largest absolute Gasteiger partial charge is 0.314 e. The molecule has 1 saturated heterocycles. The van der Waals surface area contributed by atoms with Gasteiger partial charge in [-0.2, -0.15) is 5.26 Å². The van der Waals surface area contributed by atoms with E-state index in [4.69, 9.17) is 5.26 Å². The Morgan fingerprint density at radius 2 is 1.67 bits per heavy atom. The Morgan fingerprint density at radius 3 is 2.14 bits per heavy atom. The van der Waals surface area contributed by atoms with Gasteiger partial charge in [0.2, 0.25) is 0 Å². The van der Waals surface area contributed by atoms with Crippen LogP contribution in [-0.4, -0.2) is 31.1 Å². The summed E-state index contributed by atoms with van der Waals surface area (Å²) < 4.78 is 40.5. The number of hydrogen-bond donors (Lipinski definition) is 1. The second-order valence-corrected chi connectivity index (χ2v) is 4.45. The zero-order valence-electron chi connectivity index (χ0n) is 11.1. The van der Waals surface area contributed by atoms with Crippen molar-refractivity contribution < 1.29 is 13.2 Å². The minimum Gasteiger partial charge on any atom is -0.314 e. The standard InChI is InChI=1S/C13H14F3N3.2ClH/c14-9-7-10(15)13(11(16)8-9)12(1-2-17)19-5-3-18-4-6-19;;/h7-8,12,18H,1,3-6H2;2*1H/t12-;;/m1../s1. The minimum absolute atomic E-state index is 0. The highest BCUT2D eigenvalue weighted by Crippen LogP contribution is 2.29. The van der Waals surface area contributed by atoms with Gasteiger partial charge in [0, 0.05) is 43.9 Å². The van der Waals surface area contributed by atoms with E-state index in [-0.39, 0.29) is 36.8 Å². The van der Waals surface area contributed by atoms with Gasteiger partial charge in [-0.15, -0.1) is 24.8 Å². The van der Waals surface area contributed by atoms with Crippen LogP contribution in [0.3, 0.4) is 0 Å². The molecule has 1 fully saturated rings. The molecule has 1 aliphatic rings. The van der Waals surface area contributed by atoms with E-state index < -0.39 is 23.5 Å². The van der Waals surface area contributed by atoms with E-state index >= 15 is 0 Å². The third-order valence-corrected chi connectivity index (χ3v) is 3.25. The van der Waals surface area contributed by atoms with Gasteiger partial charge in [0.1, 0.15) is 17.5 Å². The molecule has 2 rings (SSSR count). The second-order valence-electron chi connectivity index (χ2n) is 4.45. The third-order valence-electron chi connectivity index (χ3n) is 3.25. The maximum atomic E-state index is 13.8. The molecule has 0 amide bonds. The van der Waals surface area contributed by atoms with Crippen molar-refractivity contribution in [2.75, 3.05) is 26.2 Å². The van der Waals surface area contributed by atoms with Gasteiger partial charge in [0.25, 0.3) is 0 Å². The molecule has 1 aliphatic heterocycles. The lowest BCUT2D eigenvalue weighted by Crippen LogP contribution is -2.45. The van der Waals surface area contributed by atoms with Gasteiger partial charge in [-0.25, -0.2) is 13.2 Å². The maximum absolute atomic E-state index is 13.8. The van der Waals surface area contributed by atoms with Gasteiger partial charge >= 0.3 is 0 Å². The van der Waals surface area contributed by atoms with E-state index in [1.165, 1.54) is 0 Å². The molecule has 21 heavy (non-hydrogen) atoms. The summed E-state index contributed by atoms with van der Waals surface area (Å²) in [5.41, 5.74) is -0.218. The minimum atomic E-state index is -0.949. The van der Waals surface area contributed by atoms with Crippen molar-refractivity contribution in [2.24, 2.45) is 0 Å². The smallest absolute Gasteiger partial charge is 0.133 e. The first-order valence-corrected chi connectivity index (χ1v) is 6.09. The van der Waals surface area contributed by atoms with Crippen LogP contribution in [0.2, 0.25) is 0 Å². The van der Waals surface area contributed by atoms with Crippen molar-refractivity contribution >= 4 is 24.8 Å². The number of nitriles is 1. The molecule has 1 aromatic rings. The summed E-state index contributed by atoms with van der Waals surface area (Å²) in [7, 11) is 0. The highest BCUT2D eigenvalue weighted by atomic mass is 35.5. The van der Waals surface area contributed by atoms with E-state index in [1.807, 2.05) is 11.0 Å². The van der Waals surface area contributed by atoms with Crippen LogP contribution < -0.4 is 5.32 Å². The Balaban J connectivity index is 0.00000200. The van der Waals surface area contributed by atoms with Crippen molar-refractivity contribution in [3.8, 4) is 6.07 Å². The average Bonchev–Trinajstić information content (AvgIpc) is 2.37. The number of nitrogens with zero attached hydrogens (tertiary/aromatic N) is 2. The molecule has 118 valence electrons. The molecule has 1 N–H and O–H groups in total. The van der Waals surface area contributed by atoms with Gasteiger partial charge in [-0.1, -0.05) is 0 Å². The third kappa shape index (κ3) is 4.75. The molecular formula is C13H16Cl2F3N3. The number of benzene rings is 1. The molecule has 0 bridgehead atoms. The molecule has 3 nitrogen and oxygen atoms in total. The highest BCUT2D eigenvalue weighted by molar-refractivity contribution is 5.85. The maximum Gasteiger partial charge on any atom is 0.133 e. The van der Waals surface area contributed by atoms with Crippen LogP contribution in [0.15, 0.2) is 12.1 Å². The first-order valence-electron chi connectivity index (χ1n) is 6.09. The number of nitrogens with one attached hydrogen (secondary N) is 1. The summed E-state index contributed by atoms with van der Waals surface area (Å²) in [5.74, 6) is -2.82. The molecular weight excluding hydrogens is 326 g/mol. The monoisotopic (exact) mass is 341 g/mol. The Bertz CT molecular complexity index is 479. The van der Waals surface area contributed by atoms with E-state index in [2.05, 4.69) is 5.32 Å². The van der Waals surface area contributed by atoms with Crippen LogP contribution in [-0.2, 0) is 0 Å². The summed E-state index contributed by atoms with van der Waals surface area (Å²) >= 11 is 0. The van der Waals surface area contributed by atoms with E-state index in [0.717, 1.165) is 0 Å². The summed E-state index contributed by atoms with van der Waals surface area (Å²) in [5, 5.41) is 12.0. The van der Waals surface area contributed by atoms with Crippen LogP contribution in [0.4, 0.5) is 13.2 Å². The van der Waals surface area contributed by atoms with Crippen molar-refractivity contribution in [3.63, 3.8) is 0 Å². The fourth-order valence-electron chi connectivity index (χ4n) is 2.37. The van der Waals surface area contributed by atoms with Gasteiger partial charge in [-0.05, 0) is 0 Å². The van der Waals surface area contributed by atoms with Crippen LogP contribution in [0.1, 0.15) is 18.0 Å². The molecule has 1 heterocycles. The fourth-order valence-corrected chi connectivity index (χ4v) is 2.37. The van der Waals surface area contributed by atoms with E-state index in [0.29, 0.717) is 38.3 Å². The van der Waals surface area contributed by atoms with E-state index in [1.54, 1.807) is 0 Å². The van der Waals surface area contributed by atoms with Gasteiger partial charge in [0.05, 0.1) is 18.5 Å². The average molecular weight is 342 g/mol. The second kappa shape index (κ2) is 9.11. The molecule has 0 aromatic heterocycles.